The average molecular weight is 519 g/mol. The molecule has 3 aromatic carbocycles. The molecule has 0 bridgehead atoms. The standard InChI is InChI=1S/C26H22N4O4S2/c31-36(32,33)30-21-13-11-18(12-14-21)15-22(23-17-35-25(28-23)20-9-5-2-6-10-20)29-26-27-16-24(34-26)19-7-3-1-4-8-19/h1-14,16-17,22,30H,15H2,(H,27,29)(H,31,32,33). The second kappa shape index (κ2) is 10.3. The Hall–Kier alpha value is -3.99. The van der Waals surface area contributed by atoms with Gasteiger partial charge in [-0.2, -0.15) is 8.42 Å². The highest BCUT2D eigenvalue weighted by Gasteiger charge is 2.19. The van der Waals surface area contributed by atoms with Crippen molar-refractivity contribution in [3.05, 3.63) is 108 Å². The number of benzene rings is 3. The van der Waals surface area contributed by atoms with Gasteiger partial charge in [-0.3, -0.25) is 9.27 Å². The van der Waals surface area contributed by atoms with E-state index in [-0.39, 0.29) is 11.7 Å². The summed E-state index contributed by atoms with van der Waals surface area (Å²) in [4.78, 5) is 9.28. The van der Waals surface area contributed by atoms with Crippen LogP contribution in [0.4, 0.5) is 11.7 Å². The molecule has 0 saturated heterocycles. The largest absolute Gasteiger partial charge is 0.424 e. The van der Waals surface area contributed by atoms with E-state index in [1.165, 1.54) is 0 Å². The lowest BCUT2D eigenvalue weighted by Crippen LogP contribution is -2.15. The van der Waals surface area contributed by atoms with E-state index < -0.39 is 10.3 Å². The Morgan fingerprint density at radius 3 is 2.25 bits per heavy atom. The van der Waals surface area contributed by atoms with Crippen molar-refractivity contribution in [2.24, 2.45) is 0 Å². The lowest BCUT2D eigenvalue weighted by molar-refractivity contribution is 0.489. The monoisotopic (exact) mass is 518 g/mol. The molecule has 0 fully saturated rings. The molecule has 1 unspecified atom stereocenters. The maximum absolute atomic E-state index is 11.1. The highest BCUT2D eigenvalue weighted by Crippen LogP contribution is 2.31. The molecule has 2 aromatic heterocycles. The van der Waals surface area contributed by atoms with E-state index in [0.717, 1.165) is 27.4 Å². The van der Waals surface area contributed by atoms with E-state index in [9.17, 15) is 8.42 Å². The van der Waals surface area contributed by atoms with Gasteiger partial charge in [-0.05, 0) is 24.1 Å². The van der Waals surface area contributed by atoms with Crippen LogP contribution >= 0.6 is 11.3 Å². The summed E-state index contributed by atoms with van der Waals surface area (Å²) in [6.07, 6.45) is 2.22. The van der Waals surface area contributed by atoms with Crippen LogP contribution in [0.2, 0.25) is 0 Å². The van der Waals surface area contributed by atoms with Crippen molar-refractivity contribution >= 4 is 33.3 Å². The van der Waals surface area contributed by atoms with Crippen molar-refractivity contribution in [2.45, 2.75) is 12.5 Å². The second-order valence-corrected chi connectivity index (χ2v) is 10.0. The first-order valence-corrected chi connectivity index (χ1v) is 13.4. The number of aromatic nitrogens is 2. The van der Waals surface area contributed by atoms with Crippen molar-refractivity contribution in [1.29, 1.82) is 0 Å². The zero-order chi connectivity index (χ0) is 25.0. The maximum Gasteiger partial charge on any atom is 0.357 e. The number of anilines is 2. The van der Waals surface area contributed by atoms with Gasteiger partial charge < -0.3 is 9.73 Å². The zero-order valence-electron chi connectivity index (χ0n) is 18.9. The molecule has 0 radical (unpaired) electrons. The van der Waals surface area contributed by atoms with Crippen LogP contribution in [0.1, 0.15) is 17.3 Å². The first kappa shape index (κ1) is 23.7. The Labute approximate surface area is 212 Å². The molecule has 36 heavy (non-hydrogen) atoms. The van der Waals surface area contributed by atoms with Gasteiger partial charge in [-0.1, -0.05) is 72.8 Å². The third-order valence-corrected chi connectivity index (χ3v) is 6.81. The molecule has 2 heterocycles. The third kappa shape index (κ3) is 5.98. The molecular formula is C26H22N4O4S2. The van der Waals surface area contributed by atoms with Crippen LogP contribution in [0, 0.1) is 0 Å². The summed E-state index contributed by atoms with van der Waals surface area (Å²) in [5.74, 6) is 0.653. The van der Waals surface area contributed by atoms with Gasteiger partial charge in [0.15, 0.2) is 5.76 Å². The van der Waals surface area contributed by atoms with Gasteiger partial charge in [-0.25, -0.2) is 9.97 Å². The SMILES string of the molecule is O=S(=O)(O)Nc1ccc(CC(Nc2ncc(-c3ccccc3)o2)c2csc(-c3ccccc3)n2)cc1. The molecule has 182 valence electrons. The lowest BCUT2D eigenvalue weighted by atomic mass is 10.0. The smallest absolute Gasteiger partial charge is 0.357 e. The van der Waals surface area contributed by atoms with Crippen molar-refractivity contribution in [3.63, 3.8) is 0 Å². The van der Waals surface area contributed by atoms with Gasteiger partial charge in [0.25, 0.3) is 6.01 Å². The lowest BCUT2D eigenvalue weighted by Gasteiger charge is -2.16. The number of rotatable bonds is 9. The Morgan fingerprint density at radius 1 is 0.917 bits per heavy atom. The molecule has 0 saturated carbocycles. The van der Waals surface area contributed by atoms with E-state index in [0.29, 0.717) is 18.2 Å². The van der Waals surface area contributed by atoms with Crippen LogP contribution in [0.3, 0.4) is 0 Å². The molecule has 5 aromatic rings. The minimum atomic E-state index is -4.33. The van der Waals surface area contributed by atoms with Crippen LogP contribution in [-0.2, 0) is 16.7 Å². The van der Waals surface area contributed by atoms with Crippen LogP contribution < -0.4 is 10.0 Å². The molecule has 1 atom stereocenters. The van der Waals surface area contributed by atoms with Crippen molar-refractivity contribution in [1.82, 2.24) is 9.97 Å². The minimum absolute atomic E-state index is 0.263. The molecule has 0 amide bonds. The zero-order valence-corrected chi connectivity index (χ0v) is 20.5. The molecule has 0 aliphatic rings. The highest BCUT2D eigenvalue weighted by atomic mass is 32.2. The molecule has 8 nitrogen and oxygen atoms in total. The van der Waals surface area contributed by atoms with Crippen LogP contribution in [0.15, 0.2) is 101 Å². The van der Waals surface area contributed by atoms with Crippen molar-refractivity contribution in [2.75, 3.05) is 10.0 Å². The van der Waals surface area contributed by atoms with E-state index in [2.05, 4.69) is 10.3 Å². The van der Waals surface area contributed by atoms with E-state index in [4.69, 9.17) is 14.0 Å². The van der Waals surface area contributed by atoms with Gasteiger partial charge in [-0.15, -0.1) is 11.3 Å². The van der Waals surface area contributed by atoms with Gasteiger partial charge in [0.2, 0.25) is 0 Å². The van der Waals surface area contributed by atoms with Crippen LogP contribution in [0.25, 0.3) is 21.9 Å². The molecule has 10 heteroatoms. The van der Waals surface area contributed by atoms with Crippen LogP contribution in [-0.4, -0.2) is 22.9 Å². The normalized spacial score (nSPS) is 12.2. The minimum Gasteiger partial charge on any atom is -0.424 e. The molecule has 0 aliphatic carbocycles. The predicted molar refractivity (Wildman–Crippen MR) is 141 cm³/mol. The average Bonchev–Trinajstić information content (AvgIpc) is 3.55. The summed E-state index contributed by atoms with van der Waals surface area (Å²) in [6.45, 7) is 0. The summed E-state index contributed by atoms with van der Waals surface area (Å²) >= 11 is 1.56. The maximum atomic E-state index is 11.1. The van der Waals surface area contributed by atoms with Crippen LogP contribution in [0.5, 0.6) is 0 Å². The summed E-state index contributed by atoms with van der Waals surface area (Å²) < 4.78 is 39.2. The molecule has 5 rings (SSSR count). The summed E-state index contributed by atoms with van der Waals surface area (Å²) in [5.41, 5.74) is 3.99. The quantitative estimate of drug-likeness (QED) is 0.203. The van der Waals surface area contributed by atoms with E-state index in [1.807, 2.05) is 70.8 Å². The Balaban J connectivity index is 1.41. The fraction of sp³-hybridized carbons (Fsp3) is 0.0769. The van der Waals surface area contributed by atoms with Gasteiger partial charge in [0.05, 0.1) is 23.6 Å². The number of hydrogen-bond acceptors (Lipinski definition) is 7. The van der Waals surface area contributed by atoms with E-state index in [1.54, 1.807) is 41.8 Å². The molecule has 3 N–H and O–H groups in total. The first-order chi connectivity index (χ1) is 17.4. The van der Waals surface area contributed by atoms with Gasteiger partial charge in [0, 0.05) is 16.5 Å². The number of hydrogen-bond donors (Lipinski definition) is 3. The Morgan fingerprint density at radius 2 is 1.58 bits per heavy atom. The Bertz CT molecular complexity index is 1530. The third-order valence-electron chi connectivity index (χ3n) is 5.40. The van der Waals surface area contributed by atoms with Crippen molar-refractivity contribution in [3.8, 4) is 21.9 Å². The topological polar surface area (TPSA) is 117 Å². The predicted octanol–water partition coefficient (Wildman–Crippen LogP) is 6.08. The summed E-state index contributed by atoms with van der Waals surface area (Å²) in [5, 5.41) is 6.28. The summed E-state index contributed by atoms with van der Waals surface area (Å²) in [6, 6.07) is 26.6. The highest BCUT2D eigenvalue weighted by molar-refractivity contribution is 7.87. The number of nitrogens with zero attached hydrogens (tertiary/aromatic N) is 2. The van der Waals surface area contributed by atoms with Gasteiger partial charge in [0.1, 0.15) is 5.01 Å². The molecule has 0 aliphatic heterocycles. The number of nitrogens with one attached hydrogen (secondary N) is 2. The second-order valence-electron chi connectivity index (χ2n) is 8.01. The fourth-order valence-electron chi connectivity index (χ4n) is 3.71. The first-order valence-electron chi connectivity index (χ1n) is 11.1. The number of oxazole rings is 1. The molecule has 0 spiro atoms. The number of thiazole rings is 1. The van der Waals surface area contributed by atoms with Crippen molar-refractivity contribution < 1.29 is 17.4 Å². The fourth-order valence-corrected chi connectivity index (χ4v) is 5.02. The van der Waals surface area contributed by atoms with Gasteiger partial charge >= 0.3 is 10.3 Å². The Kier molecular flexibility index (Phi) is 6.81. The summed E-state index contributed by atoms with van der Waals surface area (Å²) in [7, 11) is -4.33. The molecular weight excluding hydrogens is 496 g/mol. The van der Waals surface area contributed by atoms with E-state index >= 15 is 0 Å².